The highest BCUT2D eigenvalue weighted by Gasteiger charge is 2.28. The molecule has 0 saturated carbocycles. The molecule has 1 unspecified atom stereocenters. The van der Waals surface area contributed by atoms with E-state index in [0.717, 1.165) is 51.5 Å². The molecule has 1 atom stereocenters. The van der Waals surface area contributed by atoms with Gasteiger partial charge >= 0.3 is 6.09 Å². The summed E-state index contributed by atoms with van der Waals surface area (Å²) >= 11 is 0. The summed E-state index contributed by atoms with van der Waals surface area (Å²) in [6.07, 6.45) is 4.53. The van der Waals surface area contributed by atoms with Gasteiger partial charge < -0.3 is 19.9 Å². The lowest BCUT2D eigenvalue weighted by Gasteiger charge is -2.37. The SMILES string of the molecule is CCN(CC1CCN(C(=NC)NCC2CCCN2CC)CC1)C(=O)OC(C)(C)C. The molecule has 2 aliphatic rings. The zero-order valence-corrected chi connectivity index (χ0v) is 19.5. The molecule has 0 aliphatic carbocycles. The number of hydrogen-bond acceptors (Lipinski definition) is 4. The lowest BCUT2D eigenvalue weighted by atomic mass is 9.96. The number of hydrogen-bond donors (Lipinski definition) is 1. The molecule has 2 saturated heterocycles. The Balaban J connectivity index is 1.78. The molecule has 0 aromatic carbocycles. The predicted octanol–water partition coefficient (Wildman–Crippen LogP) is 3.02. The number of guanidine groups is 1. The summed E-state index contributed by atoms with van der Waals surface area (Å²) in [6.45, 7) is 16.8. The first kappa shape index (κ1) is 23.8. The number of aliphatic imine (C=N–C) groups is 1. The van der Waals surface area contributed by atoms with Crippen LogP contribution in [-0.4, -0.2) is 91.3 Å². The van der Waals surface area contributed by atoms with Gasteiger partial charge in [0.2, 0.25) is 0 Å². The Kier molecular flexibility index (Phi) is 9.05. The number of ether oxygens (including phenoxy) is 1. The van der Waals surface area contributed by atoms with Gasteiger partial charge in [-0.3, -0.25) is 9.89 Å². The number of likely N-dealkylation sites (tertiary alicyclic amines) is 2. The molecule has 1 N–H and O–H groups in total. The van der Waals surface area contributed by atoms with Crippen LogP contribution < -0.4 is 5.32 Å². The smallest absolute Gasteiger partial charge is 0.410 e. The number of nitrogens with one attached hydrogen (secondary N) is 1. The highest BCUT2D eigenvalue weighted by molar-refractivity contribution is 5.80. The van der Waals surface area contributed by atoms with Crippen molar-refractivity contribution in [2.45, 2.75) is 71.9 Å². The highest BCUT2D eigenvalue weighted by Crippen LogP contribution is 2.20. The first-order valence-corrected chi connectivity index (χ1v) is 11.4. The molecular formula is C22H43N5O2. The molecule has 2 fully saturated rings. The lowest BCUT2D eigenvalue weighted by Crippen LogP contribution is -2.50. The van der Waals surface area contributed by atoms with Crippen molar-refractivity contribution in [2.75, 3.05) is 52.9 Å². The van der Waals surface area contributed by atoms with E-state index in [1.165, 1.54) is 19.4 Å². The number of likely N-dealkylation sites (N-methyl/N-ethyl adjacent to an activating group) is 1. The largest absolute Gasteiger partial charge is 0.444 e. The summed E-state index contributed by atoms with van der Waals surface area (Å²) < 4.78 is 5.55. The zero-order chi connectivity index (χ0) is 21.4. The summed E-state index contributed by atoms with van der Waals surface area (Å²) in [5, 5.41) is 3.61. The van der Waals surface area contributed by atoms with Crippen molar-refractivity contribution >= 4 is 12.1 Å². The van der Waals surface area contributed by atoms with E-state index < -0.39 is 5.60 Å². The second-order valence-electron chi connectivity index (χ2n) is 9.30. The maximum absolute atomic E-state index is 12.4. The number of carbonyl (C=O) groups excluding carboxylic acids is 1. The van der Waals surface area contributed by atoms with Crippen LogP contribution in [0.1, 0.15) is 60.3 Å². The number of nitrogens with zero attached hydrogens (tertiary/aromatic N) is 4. The minimum absolute atomic E-state index is 0.197. The van der Waals surface area contributed by atoms with E-state index in [4.69, 9.17) is 4.74 Å². The van der Waals surface area contributed by atoms with Crippen molar-refractivity contribution in [3.8, 4) is 0 Å². The van der Waals surface area contributed by atoms with Crippen LogP contribution in [0.5, 0.6) is 0 Å². The van der Waals surface area contributed by atoms with Gasteiger partial charge in [0.1, 0.15) is 5.60 Å². The third-order valence-electron chi connectivity index (χ3n) is 6.04. The quantitative estimate of drug-likeness (QED) is 0.540. The zero-order valence-electron chi connectivity index (χ0n) is 19.5. The van der Waals surface area contributed by atoms with Gasteiger partial charge in [0.05, 0.1) is 0 Å². The molecule has 2 rings (SSSR count). The fourth-order valence-electron chi connectivity index (χ4n) is 4.38. The molecule has 0 aromatic heterocycles. The Bertz CT molecular complexity index is 538. The first-order valence-electron chi connectivity index (χ1n) is 11.4. The van der Waals surface area contributed by atoms with E-state index in [1.54, 1.807) is 0 Å². The number of rotatable bonds is 6. The van der Waals surface area contributed by atoms with E-state index in [9.17, 15) is 4.79 Å². The minimum atomic E-state index is -0.446. The van der Waals surface area contributed by atoms with Crippen LogP contribution in [0.25, 0.3) is 0 Å². The molecule has 0 spiro atoms. The second-order valence-corrected chi connectivity index (χ2v) is 9.30. The molecule has 2 aliphatic heterocycles. The molecule has 0 radical (unpaired) electrons. The molecule has 29 heavy (non-hydrogen) atoms. The number of piperidine rings is 1. The standard InChI is InChI=1S/C22H43N5O2/c1-7-25-13-9-10-19(25)16-24-20(23-6)27-14-11-18(12-15-27)17-26(8-2)21(28)29-22(3,4)5/h18-19H,7-17H2,1-6H3,(H,23,24). The summed E-state index contributed by atoms with van der Waals surface area (Å²) in [7, 11) is 1.88. The Hall–Kier alpha value is -1.50. The molecular weight excluding hydrogens is 366 g/mol. The van der Waals surface area contributed by atoms with E-state index >= 15 is 0 Å². The Morgan fingerprint density at radius 3 is 2.41 bits per heavy atom. The third kappa shape index (κ3) is 7.36. The van der Waals surface area contributed by atoms with E-state index in [0.29, 0.717) is 18.5 Å². The van der Waals surface area contributed by atoms with Crippen molar-refractivity contribution in [3.63, 3.8) is 0 Å². The van der Waals surface area contributed by atoms with Crippen LogP contribution in [0.3, 0.4) is 0 Å². The molecule has 2 heterocycles. The van der Waals surface area contributed by atoms with Gasteiger partial charge in [-0.1, -0.05) is 6.92 Å². The maximum Gasteiger partial charge on any atom is 0.410 e. The summed E-state index contributed by atoms with van der Waals surface area (Å²) in [4.78, 5) is 23.7. The van der Waals surface area contributed by atoms with Crippen molar-refractivity contribution in [2.24, 2.45) is 10.9 Å². The second kappa shape index (κ2) is 11.0. The van der Waals surface area contributed by atoms with Crippen molar-refractivity contribution in [3.05, 3.63) is 0 Å². The van der Waals surface area contributed by atoms with Crippen LogP contribution >= 0.6 is 0 Å². The maximum atomic E-state index is 12.4. The topological polar surface area (TPSA) is 60.4 Å². The average Bonchev–Trinajstić information content (AvgIpc) is 3.13. The van der Waals surface area contributed by atoms with Gasteiger partial charge in [-0.25, -0.2) is 4.79 Å². The van der Waals surface area contributed by atoms with Crippen molar-refractivity contribution in [1.29, 1.82) is 0 Å². The molecule has 7 heteroatoms. The van der Waals surface area contributed by atoms with Crippen molar-refractivity contribution < 1.29 is 9.53 Å². The molecule has 168 valence electrons. The first-order chi connectivity index (χ1) is 13.8. The normalized spacial score (nSPS) is 22.1. The van der Waals surface area contributed by atoms with Gasteiger partial charge in [-0.15, -0.1) is 0 Å². The van der Waals surface area contributed by atoms with Crippen molar-refractivity contribution in [1.82, 2.24) is 20.0 Å². The third-order valence-corrected chi connectivity index (χ3v) is 6.04. The highest BCUT2D eigenvalue weighted by atomic mass is 16.6. The Morgan fingerprint density at radius 2 is 1.86 bits per heavy atom. The van der Waals surface area contributed by atoms with E-state index in [1.807, 2.05) is 39.6 Å². The average molecular weight is 410 g/mol. The summed E-state index contributed by atoms with van der Waals surface area (Å²) in [6, 6.07) is 0.626. The lowest BCUT2D eigenvalue weighted by molar-refractivity contribution is 0.0214. The van der Waals surface area contributed by atoms with Gasteiger partial charge in [0, 0.05) is 45.8 Å². The molecule has 7 nitrogen and oxygen atoms in total. The minimum Gasteiger partial charge on any atom is -0.444 e. The number of carbonyl (C=O) groups is 1. The van der Waals surface area contributed by atoms with Crippen LogP contribution in [-0.2, 0) is 4.74 Å². The van der Waals surface area contributed by atoms with E-state index in [-0.39, 0.29) is 6.09 Å². The van der Waals surface area contributed by atoms with Crippen LogP contribution in [0.15, 0.2) is 4.99 Å². The Labute approximate surface area is 177 Å². The van der Waals surface area contributed by atoms with E-state index in [2.05, 4.69) is 27.0 Å². The summed E-state index contributed by atoms with van der Waals surface area (Å²) in [5.41, 5.74) is -0.446. The van der Waals surface area contributed by atoms with Crippen LogP contribution in [0.4, 0.5) is 4.79 Å². The molecule has 0 bridgehead atoms. The predicted molar refractivity (Wildman–Crippen MR) is 119 cm³/mol. The van der Waals surface area contributed by atoms with Gasteiger partial charge in [-0.05, 0) is 72.4 Å². The molecule has 1 amide bonds. The summed E-state index contributed by atoms with van der Waals surface area (Å²) in [5.74, 6) is 1.54. The molecule has 0 aromatic rings. The van der Waals surface area contributed by atoms with Crippen LogP contribution in [0, 0.1) is 5.92 Å². The number of amides is 1. The van der Waals surface area contributed by atoms with Gasteiger partial charge in [-0.2, -0.15) is 0 Å². The van der Waals surface area contributed by atoms with Gasteiger partial charge in [0.15, 0.2) is 5.96 Å². The Morgan fingerprint density at radius 1 is 1.17 bits per heavy atom. The fourth-order valence-corrected chi connectivity index (χ4v) is 4.38. The van der Waals surface area contributed by atoms with Crippen LogP contribution in [0.2, 0.25) is 0 Å². The fraction of sp³-hybridized carbons (Fsp3) is 0.909. The van der Waals surface area contributed by atoms with Gasteiger partial charge in [0.25, 0.3) is 0 Å². The monoisotopic (exact) mass is 409 g/mol.